The van der Waals surface area contributed by atoms with Gasteiger partial charge in [-0.3, -0.25) is 0 Å². The van der Waals surface area contributed by atoms with Crippen molar-refractivity contribution in [3.63, 3.8) is 0 Å². The molecular weight excluding hydrogens is 486 g/mol. The third-order valence-electron chi connectivity index (χ3n) is 6.35. The molecule has 0 amide bonds. The molecule has 0 saturated carbocycles. The SMILES string of the molecule is CCN(CC)CCN(CCOc1ccc(OC(C)(C)C(=O)O)c(C)c1)c1nc(-c2ccc(C)cc2)cs1. The van der Waals surface area contributed by atoms with E-state index in [0.717, 1.165) is 53.9 Å². The first-order chi connectivity index (χ1) is 17.6. The molecule has 2 aromatic carbocycles. The lowest BCUT2D eigenvalue weighted by Gasteiger charge is -2.26. The third-order valence-corrected chi connectivity index (χ3v) is 7.25. The van der Waals surface area contributed by atoms with Gasteiger partial charge >= 0.3 is 5.97 Å². The summed E-state index contributed by atoms with van der Waals surface area (Å²) in [5.41, 5.74) is 2.87. The molecule has 1 aromatic heterocycles. The van der Waals surface area contributed by atoms with Gasteiger partial charge < -0.3 is 24.4 Å². The fraction of sp³-hybridized carbons (Fsp3) is 0.448. The Morgan fingerprint density at radius 3 is 2.35 bits per heavy atom. The number of likely N-dealkylation sites (N-methyl/N-ethyl adjacent to an activating group) is 1. The van der Waals surface area contributed by atoms with Crippen LogP contribution in [-0.4, -0.2) is 65.9 Å². The number of carbonyl (C=O) groups is 1. The highest BCUT2D eigenvalue weighted by molar-refractivity contribution is 7.14. The van der Waals surface area contributed by atoms with E-state index in [4.69, 9.17) is 14.5 Å². The monoisotopic (exact) mass is 525 g/mol. The van der Waals surface area contributed by atoms with E-state index in [1.807, 2.05) is 19.1 Å². The zero-order valence-corrected chi connectivity index (χ0v) is 23.6. The Kier molecular flexibility index (Phi) is 9.94. The van der Waals surface area contributed by atoms with Crippen molar-refractivity contribution in [2.75, 3.05) is 44.2 Å². The molecule has 0 fully saturated rings. The highest BCUT2D eigenvalue weighted by Gasteiger charge is 2.30. The molecule has 7 nitrogen and oxygen atoms in total. The second-order valence-electron chi connectivity index (χ2n) is 9.59. The van der Waals surface area contributed by atoms with Crippen LogP contribution >= 0.6 is 11.3 Å². The summed E-state index contributed by atoms with van der Waals surface area (Å²) in [6, 6.07) is 13.9. The van der Waals surface area contributed by atoms with Crippen molar-refractivity contribution < 1.29 is 19.4 Å². The van der Waals surface area contributed by atoms with Crippen LogP contribution in [0.2, 0.25) is 0 Å². The van der Waals surface area contributed by atoms with E-state index in [0.29, 0.717) is 18.9 Å². The van der Waals surface area contributed by atoms with Crippen molar-refractivity contribution in [2.45, 2.75) is 47.1 Å². The first-order valence-corrected chi connectivity index (χ1v) is 13.7. The molecule has 0 spiro atoms. The molecule has 3 aromatic rings. The van der Waals surface area contributed by atoms with Gasteiger partial charge in [0.2, 0.25) is 0 Å². The van der Waals surface area contributed by atoms with E-state index in [-0.39, 0.29) is 0 Å². The van der Waals surface area contributed by atoms with Crippen molar-refractivity contribution in [2.24, 2.45) is 0 Å². The molecule has 3 rings (SSSR count). The predicted molar refractivity (Wildman–Crippen MR) is 151 cm³/mol. The molecule has 0 unspecified atom stereocenters. The summed E-state index contributed by atoms with van der Waals surface area (Å²) in [5, 5.41) is 12.4. The molecular formula is C29H39N3O4S. The summed E-state index contributed by atoms with van der Waals surface area (Å²) in [6.45, 7) is 16.5. The van der Waals surface area contributed by atoms with Crippen LogP contribution in [0, 0.1) is 13.8 Å². The maximum absolute atomic E-state index is 11.4. The number of aliphatic carboxylic acids is 1. The van der Waals surface area contributed by atoms with Crippen LogP contribution in [0.15, 0.2) is 47.8 Å². The van der Waals surface area contributed by atoms with Gasteiger partial charge in [-0.25, -0.2) is 9.78 Å². The number of anilines is 1. The first kappa shape index (κ1) is 28.5. The Morgan fingerprint density at radius 1 is 1.03 bits per heavy atom. The first-order valence-electron chi connectivity index (χ1n) is 12.8. The van der Waals surface area contributed by atoms with Gasteiger partial charge in [0.15, 0.2) is 10.7 Å². The number of carboxylic acids is 1. The van der Waals surface area contributed by atoms with E-state index >= 15 is 0 Å². The van der Waals surface area contributed by atoms with E-state index in [1.54, 1.807) is 17.4 Å². The van der Waals surface area contributed by atoms with E-state index in [2.05, 4.69) is 60.2 Å². The number of benzene rings is 2. The Balaban J connectivity index is 1.68. The van der Waals surface area contributed by atoms with Crippen LogP contribution < -0.4 is 14.4 Å². The van der Waals surface area contributed by atoms with Gasteiger partial charge in [-0.2, -0.15) is 0 Å². The van der Waals surface area contributed by atoms with Crippen LogP contribution in [0.3, 0.4) is 0 Å². The Labute approximate surface area is 224 Å². The van der Waals surface area contributed by atoms with Crippen LogP contribution in [-0.2, 0) is 4.79 Å². The molecule has 37 heavy (non-hydrogen) atoms. The molecule has 0 saturated heterocycles. The number of hydrogen-bond donors (Lipinski definition) is 1. The van der Waals surface area contributed by atoms with E-state index < -0.39 is 11.6 Å². The lowest BCUT2D eigenvalue weighted by atomic mass is 10.1. The van der Waals surface area contributed by atoms with Crippen molar-refractivity contribution in [1.82, 2.24) is 9.88 Å². The predicted octanol–water partition coefficient (Wildman–Crippen LogP) is 5.90. The Morgan fingerprint density at radius 2 is 1.73 bits per heavy atom. The maximum atomic E-state index is 11.4. The van der Waals surface area contributed by atoms with Gasteiger partial charge in [-0.05, 0) is 64.5 Å². The molecule has 0 aliphatic carbocycles. The molecule has 8 heteroatoms. The number of rotatable bonds is 14. The largest absolute Gasteiger partial charge is 0.492 e. The molecule has 1 N–H and O–H groups in total. The minimum atomic E-state index is -1.30. The number of ether oxygens (including phenoxy) is 2. The zero-order chi connectivity index (χ0) is 27.0. The zero-order valence-electron chi connectivity index (χ0n) is 22.8. The summed E-state index contributed by atoms with van der Waals surface area (Å²) in [4.78, 5) is 21.0. The van der Waals surface area contributed by atoms with Crippen molar-refractivity contribution in [3.8, 4) is 22.8 Å². The lowest BCUT2D eigenvalue weighted by molar-refractivity contribution is -0.152. The minimum Gasteiger partial charge on any atom is -0.492 e. The summed E-state index contributed by atoms with van der Waals surface area (Å²) in [6.07, 6.45) is 0. The number of nitrogens with zero attached hydrogens (tertiary/aromatic N) is 3. The molecule has 0 bridgehead atoms. The highest BCUT2D eigenvalue weighted by Crippen LogP contribution is 2.29. The van der Waals surface area contributed by atoms with E-state index in [9.17, 15) is 9.90 Å². The van der Waals surface area contributed by atoms with Crippen LogP contribution in [0.1, 0.15) is 38.8 Å². The average Bonchev–Trinajstić information content (AvgIpc) is 3.35. The minimum absolute atomic E-state index is 0.498. The fourth-order valence-corrected chi connectivity index (χ4v) is 4.68. The maximum Gasteiger partial charge on any atom is 0.347 e. The molecule has 1 heterocycles. The van der Waals surface area contributed by atoms with Gasteiger partial charge in [-0.15, -0.1) is 11.3 Å². The van der Waals surface area contributed by atoms with Gasteiger partial charge in [0, 0.05) is 24.0 Å². The van der Waals surface area contributed by atoms with E-state index in [1.165, 1.54) is 19.4 Å². The summed E-state index contributed by atoms with van der Waals surface area (Å²) < 4.78 is 11.8. The topological polar surface area (TPSA) is 75.1 Å². The fourth-order valence-electron chi connectivity index (χ4n) is 3.79. The number of hydrogen-bond acceptors (Lipinski definition) is 7. The van der Waals surface area contributed by atoms with Crippen molar-refractivity contribution in [1.29, 1.82) is 0 Å². The highest BCUT2D eigenvalue weighted by atomic mass is 32.1. The molecule has 200 valence electrons. The van der Waals surface area contributed by atoms with Crippen LogP contribution in [0.5, 0.6) is 11.5 Å². The normalized spacial score (nSPS) is 11.5. The number of carboxylic acid groups (broad SMARTS) is 1. The number of aryl methyl sites for hydroxylation is 2. The van der Waals surface area contributed by atoms with Crippen LogP contribution in [0.4, 0.5) is 5.13 Å². The smallest absolute Gasteiger partial charge is 0.347 e. The summed E-state index contributed by atoms with van der Waals surface area (Å²) >= 11 is 1.66. The molecule has 0 radical (unpaired) electrons. The Hall–Kier alpha value is -3.10. The molecule has 0 aliphatic heterocycles. The average molecular weight is 526 g/mol. The van der Waals surface area contributed by atoms with Gasteiger partial charge in [0.25, 0.3) is 0 Å². The van der Waals surface area contributed by atoms with Gasteiger partial charge in [0.05, 0.1) is 12.2 Å². The summed E-state index contributed by atoms with van der Waals surface area (Å²) in [7, 11) is 0. The van der Waals surface area contributed by atoms with Gasteiger partial charge in [-0.1, -0.05) is 43.7 Å². The number of aromatic nitrogens is 1. The number of thiazole rings is 1. The molecule has 0 atom stereocenters. The third kappa shape index (κ3) is 7.94. The van der Waals surface area contributed by atoms with Crippen molar-refractivity contribution >= 4 is 22.4 Å². The Bertz CT molecular complexity index is 1160. The van der Waals surface area contributed by atoms with Crippen molar-refractivity contribution in [3.05, 3.63) is 59.0 Å². The standard InChI is InChI=1S/C29H39N3O4S/c1-7-31(8-2)15-16-32(28-30-25(20-37-28)23-11-9-21(3)10-12-23)17-18-35-24-13-14-26(22(4)19-24)36-29(5,6)27(33)34/h9-14,19-20H,7-8,15-18H2,1-6H3,(H,33,34). The molecule has 0 aliphatic rings. The lowest BCUT2D eigenvalue weighted by Crippen LogP contribution is -2.38. The van der Waals surface area contributed by atoms with Gasteiger partial charge in [0.1, 0.15) is 18.1 Å². The summed E-state index contributed by atoms with van der Waals surface area (Å²) in [5.74, 6) is 0.248. The second-order valence-corrected chi connectivity index (χ2v) is 10.4. The second kappa shape index (κ2) is 12.9. The van der Waals surface area contributed by atoms with Crippen LogP contribution in [0.25, 0.3) is 11.3 Å². The quantitative estimate of drug-likeness (QED) is 0.281.